The zero-order valence-corrected chi connectivity index (χ0v) is 21.7. The predicted octanol–water partition coefficient (Wildman–Crippen LogP) is 6.78. The summed E-state index contributed by atoms with van der Waals surface area (Å²) in [5.41, 5.74) is 5.17. The van der Waals surface area contributed by atoms with E-state index < -0.39 is 5.60 Å². The molecule has 1 fully saturated rings. The lowest BCUT2D eigenvalue weighted by Gasteiger charge is -2.33. The number of rotatable bonds is 4. The minimum absolute atomic E-state index is 0.230. The van der Waals surface area contributed by atoms with Crippen molar-refractivity contribution in [3.05, 3.63) is 65.6 Å². The quantitative estimate of drug-likeness (QED) is 0.305. The normalized spacial score (nSPS) is 16.8. The first-order valence-corrected chi connectivity index (χ1v) is 13.3. The Bertz CT molecular complexity index is 1380. The molecule has 4 aromatic rings. The molecule has 36 heavy (non-hydrogen) atoms. The van der Waals surface area contributed by atoms with Gasteiger partial charge < -0.3 is 14.5 Å². The molecule has 0 N–H and O–H groups in total. The van der Waals surface area contributed by atoms with Gasteiger partial charge in [-0.25, -0.2) is 14.2 Å². The Balaban J connectivity index is 1.42. The number of carbonyl (C=O) groups excluding carboxylic acids is 1. The molecule has 0 radical (unpaired) electrons. The van der Waals surface area contributed by atoms with Crippen LogP contribution in [-0.2, 0) is 11.3 Å². The molecule has 1 unspecified atom stereocenters. The van der Waals surface area contributed by atoms with Crippen molar-refractivity contribution < 1.29 is 13.9 Å². The molecule has 0 saturated carbocycles. The van der Waals surface area contributed by atoms with Crippen LogP contribution in [0.1, 0.15) is 45.7 Å². The second kappa shape index (κ2) is 10.0. The molecule has 8 heteroatoms. The van der Waals surface area contributed by atoms with Gasteiger partial charge in [-0.3, -0.25) is 4.98 Å². The highest BCUT2D eigenvalue weighted by Gasteiger charge is 2.28. The van der Waals surface area contributed by atoms with Gasteiger partial charge in [0.15, 0.2) is 0 Å². The van der Waals surface area contributed by atoms with Crippen LogP contribution >= 0.6 is 11.3 Å². The second-order valence-corrected chi connectivity index (χ2v) is 11.2. The lowest BCUT2D eigenvalue weighted by Crippen LogP contribution is -2.39. The van der Waals surface area contributed by atoms with Crippen LogP contribution in [0.25, 0.3) is 21.1 Å². The highest BCUT2D eigenvalue weighted by molar-refractivity contribution is 7.16. The number of pyridine rings is 1. The van der Waals surface area contributed by atoms with Gasteiger partial charge in [0.1, 0.15) is 11.4 Å². The van der Waals surface area contributed by atoms with Crippen LogP contribution in [0.15, 0.2) is 54.0 Å². The number of ether oxygens (including phenoxy) is 1. The molecule has 1 atom stereocenters. The fraction of sp³-hybridized carbons (Fsp3) is 0.393. The van der Waals surface area contributed by atoms with Crippen LogP contribution in [0.5, 0.6) is 0 Å². The Morgan fingerprint density at radius 2 is 1.94 bits per heavy atom. The van der Waals surface area contributed by atoms with Crippen molar-refractivity contribution >= 4 is 44.2 Å². The number of aromatic nitrogens is 2. The van der Waals surface area contributed by atoms with Crippen molar-refractivity contribution in [3.8, 4) is 0 Å². The van der Waals surface area contributed by atoms with E-state index in [0.717, 1.165) is 51.8 Å². The molecular weight excluding hydrogens is 475 g/mol. The van der Waals surface area contributed by atoms with Crippen LogP contribution in [-0.4, -0.2) is 45.7 Å². The summed E-state index contributed by atoms with van der Waals surface area (Å²) in [7, 11) is 0. The molecule has 2 aromatic heterocycles. The number of thiazole rings is 1. The Morgan fingerprint density at radius 3 is 2.78 bits per heavy atom. The average molecular weight is 507 g/mol. The largest absolute Gasteiger partial charge is 0.444 e. The summed E-state index contributed by atoms with van der Waals surface area (Å²) in [4.78, 5) is 26.2. The van der Waals surface area contributed by atoms with E-state index in [1.165, 1.54) is 12.1 Å². The summed E-state index contributed by atoms with van der Waals surface area (Å²) < 4.78 is 20.4. The number of anilines is 1. The van der Waals surface area contributed by atoms with Gasteiger partial charge in [-0.15, -0.1) is 11.3 Å². The number of fused-ring (bicyclic) bond motifs is 2. The van der Waals surface area contributed by atoms with Crippen LogP contribution in [0, 0.1) is 5.82 Å². The van der Waals surface area contributed by atoms with E-state index in [4.69, 9.17) is 9.72 Å². The predicted molar refractivity (Wildman–Crippen MR) is 143 cm³/mol. The molecule has 0 bridgehead atoms. The summed E-state index contributed by atoms with van der Waals surface area (Å²) in [6, 6.07) is 15.2. The summed E-state index contributed by atoms with van der Waals surface area (Å²) in [5, 5.41) is 0.791. The standard InChI is InChI=1S/C28H31FN4O2S/c1-28(2,3)35-27(34)32-13-4-5-22(12-14-32)33(23-9-11-25-26(16-23)36-18-30-25)17-21-8-6-19-15-20(29)7-10-24(19)31-21/h6-11,15-16,18,22H,4-5,12-14,17H2,1-3H3. The smallest absolute Gasteiger partial charge is 0.410 e. The molecule has 3 heterocycles. The molecule has 1 aliphatic heterocycles. The summed E-state index contributed by atoms with van der Waals surface area (Å²) in [6.07, 6.45) is 2.44. The molecule has 1 amide bonds. The van der Waals surface area contributed by atoms with Gasteiger partial charge in [0.2, 0.25) is 0 Å². The average Bonchev–Trinajstić information content (AvgIpc) is 3.16. The van der Waals surface area contributed by atoms with Crippen LogP contribution in [0.2, 0.25) is 0 Å². The molecule has 188 valence electrons. The topological polar surface area (TPSA) is 58.6 Å². The Kier molecular flexibility index (Phi) is 6.79. The van der Waals surface area contributed by atoms with Crippen molar-refractivity contribution in [2.24, 2.45) is 0 Å². The maximum atomic E-state index is 13.7. The van der Waals surface area contributed by atoms with E-state index in [-0.39, 0.29) is 18.0 Å². The van der Waals surface area contributed by atoms with Crippen molar-refractivity contribution in [2.75, 3.05) is 18.0 Å². The van der Waals surface area contributed by atoms with Crippen LogP contribution < -0.4 is 4.90 Å². The minimum atomic E-state index is -0.510. The first kappa shape index (κ1) is 24.4. The van der Waals surface area contributed by atoms with Gasteiger partial charge >= 0.3 is 6.09 Å². The van der Waals surface area contributed by atoms with Gasteiger partial charge in [-0.2, -0.15) is 0 Å². The zero-order valence-electron chi connectivity index (χ0n) is 20.9. The fourth-order valence-electron chi connectivity index (χ4n) is 4.75. The lowest BCUT2D eigenvalue weighted by molar-refractivity contribution is 0.0256. The van der Waals surface area contributed by atoms with Crippen molar-refractivity contribution in [2.45, 2.75) is 58.2 Å². The zero-order chi connectivity index (χ0) is 25.3. The highest BCUT2D eigenvalue weighted by atomic mass is 32.1. The Morgan fingerprint density at radius 1 is 1.11 bits per heavy atom. The van der Waals surface area contributed by atoms with Gasteiger partial charge in [0.25, 0.3) is 0 Å². The van der Waals surface area contributed by atoms with Gasteiger partial charge in [-0.1, -0.05) is 6.07 Å². The number of amides is 1. The van der Waals surface area contributed by atoms with E-state index >= 15 is 0 Å². The highest BCUT2D eigenvalue weighted by Crippen LogP contribution is 2.30. The van der Waals surface area contributed by atoms with Crippen LogP contribution in [0.4, 0.5) is 14.9 Å². The third-order valence-electron chi connectivity index (χ3n) is 6.48. The molecule has 6 nitrogen and oxygen atoms in total. The lowest BCUT2D eigenvalue weighted by atomic mass is 10.1. The summed E-state index contributed by atoms with van der Waals surface area (Å²) >= 11 is 1.63. The third-order valence-corrected chi connectivity index (χ3v) is 7.27. The fourth-order valence-corrected chi connectivity index (χ4v) is 5.46. The maximum absolute atomic E-state index is 13.7. The van der Waals surface area contributed by atoms with Crippen molar-refractivity contribution in [3.63, 3.8) is 0 Å². The van der Waals surface area contributed by atoms with E-state index in [9.17, 15) is 9.18 Å². The Labute approximate surface area is 214 Å². The number of hydrogen-bond donors (Lipinski definition) is 0. The third kappa shape index (κ3) is 5.59. The number of halogens is 1. The summed E-state index contributed by atoms with van der Waals surface area (Å²) in [5.74, 6) is -0.260. The van der Waals surface area contributed by atoms with E-state index in [0.29, 0.717) is 19.6 Å². The summed E-state index contributed by atoms with van der Waals surface area (Å²) in [6.45, 7) is 7.64. The SMILES string of the molecule is CC(C)(C)OC(=O)N1CCCC(N(Cc2ccc3cc(F)ccc3n2)c2ccc3ncsc3c2)CC1. The first-order chi connectivity index (χ1) is 17.2. The molecular formula is C28H31FN4O2S. The molecule has 1 aliphatic rings. The monoisotopic (exact) mass is 506 g/mol. The first-order valence-electron chi connectivity index (χ1n) is 12.4. The van der Waals surface area contributed by atoms with Crippen molar-refractivity contribution in [1.82, 2.24) is 14.9 Å². The number of likely N-dealkylation sites (tertiary alicyclic amines) is 1. The molecule has 5 rings (SSSR count). The minimum Gasteiger partial charge on any atom is -0.444 e. The van der Waals surface area contributed by atoms with Crippen molar-refractivity contribution in [1.29, 1.82) is 0 Å². The number of carbonyl (C=O) groups is 1. The molecule has 0 spiro atoms. The maximum Gasteiger partial charge on any atom is 0.410 e. The second-order valence-electron chi connectivity index (χ2n) is 10.3. The van der Waals surface area contributed by atoms with Gasteiger partial charge in [0, 0.05) is 30.2 Å². The number of hydrogen-bond acceptors (Lipinski definition) is 6. The van der Waals surface area contributed by atoms with E-state index in [1.54, 1.807) is 17.4 Å². The van der Waals surface area contributed by atoms with E-state index in [2.05, 4.69) is 28.1 Å². The molecule has 2 aromatic carbocycles. The molecule has 1 saturated heterocycles. The van der Waals surface area contributed by atoms with E-state index in [1.807, 2.05) is 43.3 Å². The molecule has 0 aliphatic carbocycles. The number of nitrogens with zero attached hydrogens (tertiary/aromatic N) is 4. The Hall–Kier alpha value is -3.26. The van der Waals surface area contributed by atoms with Gasteiger partial charge in [0.05, 0.1) is 33.5 Å². The number of benzene rings is 2. The van der Waals surface area contributed by atoms with Gasteiger partial charge in [-0.05, 0) is 82.5 Å². The van der Waals surface area contributed by atoms with Crippen LogP contribution in [0.3, 0.4) is 0 Å².